The molecule has 0 saturated carbocycles. The van der Waals surface area contributed by atoms with E-state index in [1.807, 2.05) is 41.2 Å². The van der Waals surface area contributed by atoms with E-state index in [9.17, 15) is 0 Å². The van der Waals surface area contributed by atoms with Gasteiger partial charge in [0.05, 0.1) is 5.69 Å². The van der Waals surface area contributed by atoms with Gasteiger partial charge in [0.25, 0.3) is 6.33 Å². The van der Waals surface area contributed by atoms with Gasteiger partial charge in [0.2, 0.25) is 0 Å². The third-order valence-electron chi connectivity index (χ3n) is 11.5. The Morgan fingerprint density at radius 3 is 2.00 bits per heavy atom. The summed E-state index contributed by atoms with van der Waals surface area (Å²) in [5, 5.41) is 2.24. The molecule has 320 valence electrons. The van der Waals surface area contributed by atoms with E-state index in [1.165, 1.54) is 22.3 Å². The predicted octanol–water partition coefficient (Wildman–Crippen LogP) is 14.0. The molecule has 0 bridgehead atoms. The minimum absolute atomic E-state index is 0. The number of para-hydroxylation sites is 2. The Bertz CT molecular complexity index is 3050. The normalized spacial score (nSPS) is 12.1. The minimum atomic E-state index is -0.0181. The Morgan fingerprint density at radius 1 is 0.619 bits per heavy atom. The van der Waals surface area contributed by atoms with Gasteiger partial charge in [-0.2, -0.15) is 18.2 Å². The van der Waals surface area contributed by atoms with Crippen LogP contribution in [0.1, 0.15) is 79.0 Å². The van der Waals surface area contributed by atoms with Crippen molar-refractivity contribution in [3.05, 3.63) is 187 Å². The average molecular weight is 1010 g/mol. The molecular weight excluding hydrogens is 952 g/mol. The quantitative estimate of drug-likeness (QED) is 0.112. The van der Waals surface area contributed by atoms with Crippen molar-refractivity contribution in [1.29, 1.82) is 0 Å². The van der Waals surface area contributed by atoms with Crippen LogP contribution >= 0.6 is 0 Å². The molecule has 9 rings (SSSR count). The summed E-state index contributed by atoms with van der Waals surface area (Å²) in [5.41, 5.74) is 12.4. The van der Waals surface area contributed by atoms with Gasteiger partial charge in [-0.3, -0.25) is 4.57 Å². The molecule has 0 aliphatic heterocycles. The molecule has 0 amide bonds. The van der Waals surface area contributed by atoms with Crippen molar-refractivity contribution in [3.8, 4) is 50.9 Å². The molecular formula is C57H54N4OPt-2. The number of fused-ring (bicyclic) bond motifs is 3. The number of aromatic nitrogens is 4. The maximum Gasteiger partial charge on any atom is 0.267 e. The van der Waals surface area contributed by atoms with Gasteiger partial charge in [-0.1, -0.05) is 153 Å². The van der Waals surface area contributed by atoms with Crippen LogP contribution < -0.4 is 9.30 Å². The molecule has 0 fully saturated rings. The Kier molecular flexibility index (Phi) is 11.7. The summed E-state index contributed by atoms with van der Waals surface area (Å²) in [7, 11) is 0. The van der Waals surface area contributed by atoms with Gasteiger partial charge in [-0.05, 0) is 90.9 Å². The number of benzene rings is 6. The van der Waals surface area contributed by atoms with Gasteiger partial charge >= 0.3 is 0 Å². The largest absolute Gasteiger partial charge is 0.510 e. The molecule has 3 aromatic heterocycles. The number of pyridine rings is 1. The fourth-order valence-electron chi connectivity index (χ4n) is 8.34. The minimum Gasteiger partial charge on any atom is -0.510 e. The van der Waals surface area contributed by atoms with Gasteiger partial charge in [0, 0.05) is 56.7 Å². The smallest absolute Gasteiger partial charge is 0.267 e. The fourth-order valence-corrected chi connectivity index (χ4v) is 8.34. The van der Waals surface area contributed by atoms with Crippen LogP contribution in [0.25, 0.3) is 61.3 Å². The van der Waals surface area contributed by atoms with Crippen LogP contribution in [0, 0.1) is 23.9 Å². The first-order valence-corrected chi connectivity index (χ1v) is 21.6. The summed E-state index contributed by atoms with van der Waals surface area (Å²) in [6.45, 7) is 20.5. The second-order valence-corrected chi connectivity index (χ2v) is 19.7. The van der Waals surface area contributed by atoms with Crippen LogP contribution in [-0.4, -0.2) is 14.1 Å². The summed E-state index contributed by atoms with van der Waals surface area (Å²) in [5.74, 6) is 2.05. The van der Waals surface area contributed by atoms with E-state index in [4.69, 9.17) is 9.72 Å². The Labute approximate surface area is 387 Å². The first-order valence-electron chi connectivity index (χ1n) is 21.6. The molecule has 6 heteroatoms. The van der Waals surface area contributed by atoms with E-state index in [0.29, 0.717) is 11.5 Å². The maximum absolute atomic E-state index is 6.57. The number of hydrogen-bond donors (Lipinski definition) is 0. The Hall–Kier alpha value is -6.03. The summed E-state index contributed by atoms with van der Waals surface area (Å²) in [4.78, 5) is 4.85. The van der Waals surface area contributed by atoms with Gasteiger partial charge in [0.1, 0.15) is 5.82 Å². The van der Waals surface area contributed by atoms with E-state index in [1.54, 1.807) is 0 Å². The first-order chi connectivity index (χ1) is 29.6. The maximum atomic E-state index is 6.57. The monoisotopic (exact) mass is 1010 g/mol. The van der Waals surface area contributed by atoms with Crippen LogP contribution in [0.5, 0.6) is 11.5 Å². The molecule has 9 aromatic rings. The molecule has 0 atom stereocenters. The standard InChI is InChI=1S/C57H54N4O.Pt/c1-55(2,3)37-39-27-28-58-53(31-39)61-51-24-14-13-21-49(51)50-26-25-46(36-52(50)61)62-45-20-15-19-44(35-45)59-29-30-60(38-59)54-47(40-17-11-10-12-18-40)22-16-23-48(54)41-32-42(56(4,5)6)34-43(33-41)57(7,8)9;/h10-34H,37H2,1-9H3;/q-2;. The molecule has 3 heterocycles. The summed E-state index contributed by atoms with van der Waals surface area (Å²) in [6, 6.07) is 54.3. The van der Waals surface area contributed by atoms with Crippen LogP contribution in [0.3, 0.4) is 0 Å². The molecule has 0 aliphatic rings. The van der Waals surface area contributed by atoms with Gasteiger partial charge in [-0.15, -0.1) is 29.7 Å². The number of hydrogen-bond acceptors (Lipinski definition) is 2. The van der Waals surface area contributed by atoms with Crippen molar-refractivity contribution in [3.63, 3.8) is 0 Å². The average Bonchev–Trinajstić information content (AvgIpc) is 3.86. The number of imidazole rings is 1. The number of nitrogens with zero attached hydrogens (tertiary/aromatic N) is 4. The Morgan fingerprint density at radius 2 is 1.29 bits per heavy atom. The van der Waals surface area contributed by atoms with Crippen LogP contribution in [-0.2, 0) is 38.3 Å². The Balaban J connectivity index is 0.00000544. The zero-order chi connectivity index (χ0) is 43.4. The molecule has 0 radical (unpaired) electrons. The van der Waals surface area contributed by atoms with Crippen molar-refractivity contribution in [1.82, 2.24) is 14.1 Å². The van der Waals surface area contributed by atoms with Gasteiger partial charge in [-0.25, -0.2) is 4.98 Å². The molecule has 6 aromatic carbocycles. The molecule has 5 nitrogen and oxygen atoms in total. The van der Waals surface area contributed by atoms with Crippen LogP contribution in [0.2, 0.25) is 0 Å². The summed E-state index contributed by atoms with van der Waals surface area (Å²) < 4.78 is 12.9. The summed E-state index contributed by atoms with van der Waals surface area (Å²) >= 11 is 0. The van der Waals surface area contributed by atoms with Crippen molar-refractivity contribution in [2.45, 2.75) is 79.6 Å². The topological polar surface area (TPSA) is 35.9 Å². The van der Waals surface area contributed by atoms with Crippen molar-refractivity contribution < 1.29 is 30.4 Å². The number of ether oxygens (including phenoxy) is 1. The molecule has 63 heavy (non-hydrogen) atoms. The molecule has 0 spiro atoms. The van der Waals surface area contributed by atoms with Crippen molar-refractivity contribution in [2.75, 3.05) is 0 Å². The van der Waals surface area contributed by atoms with Gasteiger partial charge in [0.15, 0.2) is 0 Å². The fraction of sp³-hybridized carbons (Fsp3) is 0.228. The van der Waals surface area contributed by atoms with E-state index in [-0.39, 0.29) is 37.3 Å². The second-order valence-electron chi connectivity index (χ2n) is 19.7. The SMILES string of the molecule is CC(C)(C)Cc1ccnc(-n2c3[c-]c(Oc4[c-]c(-n5[c-][n+](-c6c(-c7ccccc7)cccc6-c6cc(C(C)(C)C)cc(C(C)(C)C)c6)cc5)ccc4)ccc3c3ccccc32)c1.[Pt]. The first kappa shape index (κ1) is 43.6. The zero-order valence-electron chi connectivity index (χ0n) is 37.7. The third kappa shape index (κ3) is 9.08. The van der Waals surface area contributed by atoms with Crippen molar-refractivity contribution >= 4 is 21.8 Å². The van der Waals surface area contributed by atoms with E-state index >= 15 is 0 Å². The number of rotatable bonds is 8. The predicted molar refractivity (Wildman–Crippen MR) is 254 cm³/mol. The van der Waals surface area contributed by atoms with Crippen LogP contribution in [0.15, 0.2) is 152 Å². The third-order valence-corrected chi connectivity index (χ3v) is 11.5. The zero-order valence-corrected chi connectivity index (χ0v) is 39.9. The molecule has 0 unspecified atom stereocenters. The van der Waals surface area contributed by atoms with Crippen molar-refractivity contribution in [2.24, 2.45) is 5.41 Å². The second kappa shape index (κ2) is 16.9. The van der Waals surface area contributed by atoms with E-state index in [0.717, 1.165) is 62.1 Å². The molecule has 0 N–H and O–H groups in total. The summed E-state index contributed by atoms with van der Waals surface area (Å²) in [6.07, 6.45) is 10.6. The van der Waals surface area contributed by atoms with Gasteiger partial charge < -0.3 is 13.9 Å². The molecule has 0 aliphatic carbocycles. The van der Waals surface area contributed by atoms with Crippen LogP contribution in [0.4, 0.5) is 0 Å². The van der Waals surface area contributed by atoms with E-state index in [2.05, 4.69) is 205 Å². The van der Waals surface area contributed by atoms with E-state index < -0.39 is 0 Å². The molecule has 0 saturated heterocycles.